The number of hydrogen-bond donors (Lipinski definition) is 3. The minimum atomic E-state index is 0. The van der Waals surface area contributed by atoms with E-state index in [2.05, 4.69) is 22.2 Å². The maximum absolute atomic E-state index is 5.41. The van der Waals surface area contributed by atoms with Crippen molar-refractivity contribution in [1.82, 2.24) is 10.3 Å². The van der Waals surface area contributed by atoms with Gasteiger partial charge in [0.1, 0.15) is 0 Å². The van der Waals surface area contributed by atoms with Crippen LogP contribution in [-0.4, -0.2) is 37.0 Å². The molecule has 18 heavy (non-hydrogen) atoms. The molecule has 0 aromatic heterocycles. The number of aliphatic imine (C=N–C) groups is 1. The highest BCUT2D eigenvalue weighted by atomic mass is 79.9. The summed E-state index contributed by atoms with van der Waals surface area (Å²) < 4.78 is 0. The van der Waals surface area contributed by atoms with Crippen LogP contribution in [0.5, 0.6) is 0 Å². The van der Waals surface area contributed by atoms with Crippen LogP contribution < -0.4 is 17.0 Å². The molecule has 0 bridgehead atoms. The zero-order valence-electron chi connectivity index (χ0n) is 10.8. The van der Waals surface area contributed by atoms with Gasteiger partial charge in [0.15, 0.2) is 0 Å². The first-order chi connectivity index (χ1) is 7.22. The maximum Gasteiger partial charge on any atom is 0.203 e. The number of piperidine rings is 1. The predicted octanol–water partition coefficient (Wildman–Crippen LogP) is 1.62. The largest absolute Gasteiger partial charge is 0.369 e. The van der Waals surface area contributed by atoms with E-state index in [9.17, 15) is 0 Å². The number of likely N-dealkylation sites (tertiary alicyclic amines) is 1. The van der Waals surface area contributed by atoms with Crippen molar-refractivity contribution in [1.29, 1.82) is 0 Å². The molecule has 5 nitrogen and oxygen atoms in total. The van der Waals surface area contributed by atoms with E-state index in [0.717, 1.165) is 25.4 Å². The highest BCUT2D eigenvalue weighted by Crippen LogP contribution is 2.15. The van der Waals surface area contributed by atoms with Crippen LogP contribution >= 0.6 is 50.9 Å². The second-order valence-corrected chi connectivity index (χ2v) is 4.29. The zero-order chi connectivity index (χ0) is 11.1. The predicted molar refractivity (Wildman–Crippen MR) is 94.2 cm³/mol. The van der Waals surface area contributed by atoms with E-state index < -0.39 is 0 Å². The van der Waals surface area contributed by atoms with Crippen molar-refractivity contribution in [3.8, 4) is 0 Å². The Morgan fingerprint density at radius 3 is 2.33 bits per heavy atom. The third-order valence-corrected chi connectivity index (χ3v) is 2.94. The van der Waals surface area contributed by atoms with Gasteiger partial charge in [-0.25, -0.2) is 5.84 Å². The monoisotopic (exact) mass is 453 g/mol. The summed E-state index contributed by atoms with van der Waals surface area (Å²) in [4.78, 5) is 6.58. The Morgan fingerprint density at radius 2 is 1.83 bits per heavy atom. The van der Waals surface area contributed by atoms with Crippen molar-refractivity contribution in [2.75, 3.05) is 26.2 Å². The smallest absolute Gasteiger partial charge is 0.203 e. The first kappa shape index (κ1) is 23.7. The van der Waals surface area contributed by atoms with Crippen LogP contribution in [0.3, 0.4) is 0 Å². The van der Waals surface area contributed by atoms with Crippen LogP contribution in [0, 0.1) is 5.92 Å². The molecule has 1 fully saturated rings. The van der Waals surface area contributed by atoms with Gasteiger partial charge in [-0.1, -0.05) is 6.92 Å². The van der Waals surface area contributed by atoms with Gasteiger partial charge in [-0.2, -0.15) is 0 Å². The number of hydrazine groups is 1. The van der Waals surface area contributed by atoms with Gasteiger partial charge in [-0.05, 0) is 44.8 Å². The summed E-state index contributed by atoms with van der Waals surface area (Å²) in [6.07, 6.45) is 3.71. The van der Waals surface area contributed by atoms with Crippen molar-refractivity contribution >= 4 is 56.9 Å². The minimum absolute atomic E-state index is 0. The fourth-order valence-electron chi connectivity index (χ4n) is 1.83. The third-order valence-electron chi connectivity index (χ3n) is 2.94. The van der Waals surface area contributed by atoms with Crippen LogP contribution in [0.15, 0.2) is 4.99 Å². The maximum atomic E-state index is 5.41. The van der Waals surface area contributed by atoms with Gasteiger partial charge in [0.2, 0.25) is 5.96 Å². The lowest BCUT2D eigenvalue weighted by molar-refractivity contribution is 0.192. The first-order valence-electron chi connectivity index (χ1n) is 5.71. The normalized spacial score (nSPS) is 17.1. The molecule has 0 aliphatic carbocycles. The molecule has 8 heteroatoms. The lowest BCUT2D eigenvalue weighted by atomic mass is 9.99. The van der Waals surface area contributed by atoms with Crippen LogP contribution in [-0.2, 0) is 0 Å². The van der Waals surface area contributed by atoms with E-state index in [-0.39, 0.29) is 50.9 Å². The standard InChI is InChI=1S/C10H23N5.3BrH/c1-9-3-7-15(8-4-9)6-2-5-13-10(11)14-12;;;/h9H,2-8,12H2,1H3,(H3,11,13,14);3*1H. The summed E-state index contributed by atoms with van der Waals surface area (Å²) in [6, 6.07) is 0. The molecule has 0 spiro atoms. The minimum Gasteiger partial charge on any atom is -0.369 e. The van der Waals surface area contributed by atoms with Crippen LogP contribution in [0.4, 0.5) is 0 Å². The number of nitrogens with zero attached hydrogens (tertiary/aromatic N) is 2. The molecule has 0 amide bonds. The zero-order valence-corrected chi connectivity index (χ0v) is 15.9. The molecule has 0 atom stereocenters. The molecule has 0 aromatic carbocycles. The fraction of sp³-hybridized carbons (Fsp3) is 0.900. The summed E-state index contributed by atoms with van der Waals surface area (Å²) in [6.45, 7) is 6.66. The quantitative estimate of drug-likeness (QED) is 0.198. The van der Waals surface area contributed by atoms with Gasteiger partial charge in [-0.15, -0.1) is 50.9 Å². The van der Waals surface area contributed by atoms with Crippen LogP contribution in [0.2, 0.25) is 0 Å². The SMILES string of the molecule is Br.Br.Br.CC1CCN(CCCN=C(N)NN)CC1. The summed E-state index contributed by atoms with van der Waals surface area (Å²) >= 11 is 0. The molecule has 1 aliphatic heterocycles. The van der Waals surface area contributed by atoms with E-state index >= 15 is 0 Å². The number of guanidine groups is 1. The molecule has 0 unspecified atom stereocenters. The summed E-state index contributed by atoms with van der Waals surface area (Å²) in [5.74, 6) is 6.32. The van der Waals surface area contributed by atoms with Gasteiger partial charge < -0.3 is 10.6 Å². The lowest BCUT2D eigenvalue weighted by Gasteiger charge is -2.29. The average Bonchev–Trinajstić information content (AvgIpc) is 2.26. The van der Waals surface area contributed by atoms with E-state index in [1.807, 2.05) is 0 Å². The number of rotatable bonds is 4. The van der Waals surface area contributed by atoms with Crippen molar-refractivity contribution in [3.63, 3.8) is 0 Å². The highest BCUT2D eigenvalue weighted by molar-refractivity contribution is 8.93. The fourth-order valence-corrected chi connectivity index (χ4v) is 1.83. The topological polar surface area (TPSA) is 79.7 Å². The molecule has 1 aliphatic rings. The molecule has 1 saturated heterocycles. The first-order valence-corrected chi connectivity index (χ1v) is 5.71. The Balaban J connectivity index is -0.000000750. The Morgan fingerprint density at radius 1 is 1.28 bits per heavy atom. The second-order valence-electron chi connectivity index (χ2n) is 4.29. The summed E-state index contributed by atoms with van der Waals surface area (Å²) in [7, 11) is 0. The van der Waals surface area contributed by atoms with Gasteiger partial charge in [0.05, 0.1) is 0 Å². The molecule has 1 rings (SSSR count). The van der Waals surface area contributed by atoms with Crippen LogP contribution in [0.25, 0.3) is 0 Å². The molecule has 0 radical (unpaired) electrons. The number of hydrogen-bond acceptors (Lipinski definition) is 3. The molecule has 0 saturated carbocycles. The Bertz CT molecular complexity index is 208. The van der Waals surface area contributed by atoms with Gasteiger partial charge in [0.25, 0.3) is 0 Å². The van der Waals surface area contributed by atoms with Crippen molar-refractivity contribution in [2.45, 2.75) is 26.2 Å². The third kappa shape index (κ3) is 10.5. The molecular weight excluding hydrogens is 430 g/mol. The van der Waals surface area contributed by atoms with E-state index in [4.69, 9.17) is 11.6 Å². The second kappa shape index (κ2) is 14.0. The molecule has 0 aromatic rings. The van der Waals surface area contributed by atoms with Gasteiger partial charge in [-0.3, -0.25) is 10.4 Å². The molecule has 1 heterocycles. The molecular formula is C10H26Br3N5. The van der Waals surface area contributed by atoms with E-state index in [0.29, 0.717) is 5.96 Å². The summed E-state index contributed by atoms with van der Waals surface area (Å²) in [5, 5.41) is 0. The molecule has 112 valence electrons. The van der Waals surface area contributed by atoms with Crippen molar-refractivity contribution in [3.05, 3.63) is 0 Å². The van der Waals surface area contributed by atoms with E-state index in [1.165, 1.54) is 25.9 Å². The number of halogens is 3. The number of nitrogens with one attached hydrogen (secondary N) is 1. The van der Waals surface area contributed by atoms with Gasteiger partial charge in [0, 0.05) is 6.54 Å². The Kier molecular flexibility index (Phi) is 18.5. The van der Waals surface area contributed by atoms with Crippen LogP contribution in [0.1, 0.15) is 26.2 Å². The molecule has 5 N–H and O–H groups in total. The Labute approximate surface area is 141 Å². The van der Waals surface area contributed by atoms with Crippen molar-refractivity contribution in [2.24, 2.45) is 22.5 Å². The Hall–Kier alpha value is 0.630. The number of nitrogens with two attached hydrogens (primary N) is 2. The summed E-state index contributed by atoms with van der Waals surface area (Å²) in [5.41, 5.74) is 7.73. The van der Waals surface area contributed by atoms with Gasteiger partial charge >= 0.3 is 0 Å². The van der Waals surface area contributed by atoms with E-state index in [1.54, 1.807) is 0 Å². The van der Waals surface area contributed by atoms with Crippen molar-refractivity contribution < 1.29 is 0 Å². The average molecular weight is 456 g/mol. The lowest BCUT2D eigenvalue weighted by Crippen LogP contribution is -2.37. The highest BCUT2D eigenvalue weighted by Gasteiger charge is 2.14.